The molecule has 2 aromatic carbocycles. The Labute approximate surface area is 151 Å². The number of hydrogen-bond donors (Lipinski definition) is 0. The zero-order valence-corrected chi connectivity index (χ0v) is 14.4. The van der Waals surface area contributed by atoms with Crippen LogP contribution in [-0.2, 0) is 4.79 Å². The lowest BCUT2D eigenvalue weighted by Gasteiger charge is -2.38. The van der Waals surface area contributed by atoms with Crippen LogP contribution in [0.5, 0.6) is 5.75 Å². The number of para-hydroxylation sites is 1. The Hall–Kier alpha value is -3.15. The summed E-state index contributed by atoms with van der Waals surface area (Å²) in [6.45, 7) is 2.90. The summed E-state index contributed by atoms with van der Waals surface area (Å²) < 4.78 is 11.1. The Balaban J connectivity index is 1.34. The molecule has 3 aromatic rings. The first-order chi connectivity index (χ1) is 12.7. The maximum absolute atomic E-state index is 12.5. The minimum atomic E-state index is -0.527. The van der Waals surface area contributed by atoms with Crippen LogP contribution in [0.3, 0.4) is 0 Å². The molecule has 0 aliphatic carbocycles. The molecule has 1 saturated heterocycles. The highest BCUT2D eigenvalue weighted by atomic mass is 16.5. The first-order valence-electron chi connectivity index (χ1n) is 8.60. The van der Waals surface area contributed by atoms with E-state index in [4.69, 9.17) is 9.26 Å². The lowest BCUT2D eigenvalue weighted by molar-refractivity contribution is -0.142. The fourth-order valence-electron chi connectivity index (χ4n) is 2.93. The highest BCUT2D eigenvalue weighted by Gasteiger charge is 2.37. The first-order valence-corrected chi connectivity index (χ1v) is 8.60. The molecule has 0 radical (unpaired) electrons. The number of nitrogens with zero attached hydrogens (tertiary/aromatic N) is 3. The predicted molar refractivity (Wildman–Crippen MR) is 95.6 cm³/mol. The van der Waals surface area contributed by atoms with E-state index in [0.717, 1.165) is 5.56 Å². The van der Waals surface area contributed by atoms with Crippen LogP contribution in [0, 0.1) is 0 Å². The number of hydrogen-bond acceptors (Lipinski definition) is 5. The van der Waals surface area contributed by atoms with Gasteiger partial charge in [0.25, 0.3) is 5.91 Å². The average Bonchev–Trinajstić information content (AvgIpc) is 3.11. The number of ether oxygens (including phenoxy) is 1. The first kappa shape index (κ1) is 16.3. The molecule has 6 nitrogen and oxygen atoms in total. The zero-order chi connectivity index (χ0) is 17.9. The molecule has 1 aliphatic heterocycles. The van der Waals surface area contributed by atoms with Crippen molar-refractivity contribution in [3.63, 3.8) is 0 Å². The number of likely N-dealkylation sites (tertiary alicyclic amines) is 1. The number of rotatable bonds is 5. The van der Waals surface area contributed by atoms with Gasteiger partial charge in [-0.2, -0.15) is 4.98 Å². The van der Waals surface area contributed by atoms with Crippen LogP contribution in [0.2, 0.25) is 0 Å². The molecule has 1 amide bonds. The lowest BCUT2D eigenvalue weighted by Crippen LogP contribution is -2.52. The van der Waals surface area contributed by atoms with Gasteiger partial charge in [0.2, 0.25) is 11.7 Å². The molecule has 1 aliphatic rings. The molecule has 132 valence electrons. The van der Waals surface area contributed by atoms with Crippen LogP contribution in [0.4, 0.5) is 0 Å². The van der Waals surface area contributed by atoms with Crippen molar-refractivity contribution in [1.82, 2.24) is 15.0 Å². The molecule has 2 heterocycles. The number of carbonyl (C=O) groups excluding carboxylic acids is 1. The molecule has 6 heteroatoms. The molecule has 1 fully saturated rings. The normalized spacial score (nSPS) is 15.3. The summed E-state index contributed by atoms with van der Waals surface area (Å²) in [7, 11) is 0. The van der Waals surface area contributed by atoms with E-state index in [1.165, 1.54) is 0 Å². The van der Waals surface area contributed by atoms with Gasteiger partial charge >= 0.3 is 0 Å². The molecule has 1 atom stereocenters. The van der Waals surface area contributed by atoms with E-state index in [1.807, 2.05) is 60.7 Å². The van der Waals surface area contributed by atoms with E-state index >= 15 is 0 Å². The van der Waals surface area contributed by atoms with Crippen LogP contribution in [0.15, 0.2) is 65.2 Å². The number of aromatic nitrogens is 2. The van der Waals surface area contributed by atoms with E-state index in [1.54, 1.807) is 11.8 Å². The molecule has 0 bridgehead atoms. The van der Waals surface area contributed by atoms with Gasteiger partial charge in [-0.05, 0) is 19.1 Å². The Morgan fingerprint density at radius 3 is 2.46 bits per heavy atom. The Morgan fingerprint density at radius 1 is 1.12 bits per heavy atom. The molecule has 1 unspecified atom stereocenters. The summed E-state index contributed by atoms with van der Waals surface area (Å²) >= 11 is 0. The summed E-state index contributed by atoms with van der Waals surface area (Å²) in [5.74, 6) is 1.88. The van der Waals surface area contributed by atoms with E-state index in [9.17, 15) is 4.79 Å². The second-order valence-electron chi connectivity index (χ2n) is 6.34. The van der Waals surface area contributed by atoms with Gasteiger partial charge in [0, 0.05) is 18.7 Å². The monoisotopic (exact) mass is 349 g/mol. The van der Waals surface area contributed by atoms with Gasteiger partial charge < -0.3 is 14.2 Å². The Bertz CT molecular complexity index is 874. The Morgan fingerprint density at radius 2 is 1.77 bits per heavy atom. The summed E-state index contributed by atoms with van der Waals surface area (Å²) in [6.07, 6.45) is -0.527. The number of amides is 1. The number of carbonyl (C=O) groups is 1. The van der Waals surface area contributed by atoms with Crippen LogP contribution >= 0.6 is 0 Å². The summed E-state index contributed by atoms with van der Waals surface area (Å²) in [5, 5.41) is 4.04. The third-order valence-electron chi connectivity index (χ3n) is 4.42. The van der Waals surface area contributed by atoms with E-state index in [-0.39, 0.29) is 11.8 Å². The van der Waals surface area contributed by atoms with Gasteiger partial charge in [0.05, 0.1) is 5.92 Å². The molecular formula is C20H19N3O3. The van der Waals surface area contributed by atoms with Crippen molar-refractivity contribution in [2.75, 3.05) is 13.1 Å². The standard InChI is InChI=1S/C20H19N3O3/c1-14(25-17-10-6-3-7-11-17)20(24)23-12-16(13-23)19-21-18(22-26-19)15-8-4-2-5-9-15/h2-11,14,16H,12-13H2,1H3. The van der Waals surface area contributed by atoms with Crippen molar-refractivity contribution in [3.05, 3.63) is 66.6 Å². The van der Waals surface area contributed by atoms with E-state index in [2.05, 4.69) is 10.1 Å². The third kappa shape index (κ3) is 3.31. The molecule has 0 spiro atoms. The minimum Gasteiger partial charge on any atom is -0.481 e. The fourth-order valence-corrected chi connectivity index (χ4v) is 2.93. The van der Waals surface area contributed by atoms with Gasteiger partial charge in [-0.25, -0.2) is 0 Å². The SMILES string of the molecule is CC(Oc1ccccc1)C(=O)N1CC(c2nc(-c3ccccc3)no2)C1. The summed E-state index contributed by atoms with van der Waals surface area (Å²) in [4.78, 5) is 18.7. The highest BCUT2D eigenvalue weighted by molar-refractivity contribution is 5.81. The molecule has 0 saturated carbocycles. The van der Waals surface area contributed by atoms with Crippen molar-refractivity contribution in [1.29, 1.82) is 0 Å². The molecule has 0 N–H and O–H groups in total. The van der Waals surface area contributed by atoms with Gasteiger partial charge in [-0.15, -0.1) is 0 Å². The lowest BCUT2D eigenvalue weighted by atomic mass is 9.99. The molecule has 26 heavy (non-hydrogen) atoms. The topological polar surface area (TPSA) is 68.5 Å². The zero-order valence-electron chi connectivity index (χ0n) is 14.4. The largest absolute Gasteiger partial charge is 0.481 e. The second kappa shape index (κ2) is 7.00. The maximum Gasteiger partial charge on any atom is 0.263 e. The predicted octanol–water partition coefficient (Wildman–Crippen LogP) is 3.13. The van der Waals surface area contributed by atoms with E-state index in [0.29, 0.717) is 30.6 Å². The van der Waals surface area contributed by atoms with E-state index < -0.39 is 6.10 Å². The van der Waals surface area contributed by atoms with Crippen LogP contribution < -0.4 is 4.74 Å². The van der Waals surface area contributed by atoms with Crippen molar-refractivity contribution in [3.8, 4) is 17.1 Å². The quantitative estimate of drug-likeness (QED) is 0.708. The summed E-state index contributed by atoms with van der Waals surface area (Å²) in [6, 6.07) is 19.0. The van der Waals surface area contributed by atoms with Crippen LogP contribution in [0.1, 0.15) is 18.7 Å². The number of benzene rings is 2. The van der Waals surface area contributed by atoms with Crippen molar-refractivity contribution in [2.45, 2.75) is 18.9 Å². The Kier molecular flexibility index (Phi) is 4.39. The molecule has 1 aromatic heterocycles. The minimum absolute atomic E-state index is 0.0344. The van der Waals surface area contributed by atoms with Gasteiger partial charge in [-0.3, -0.25) is 4.79 Å². The maximum atomic E-state index is 12.5. The smallest absolute Gasteiger partial charge is 0.263 e. The third-order valence-corrected chi connectivity index (χ3v) is 4.42. The van der Waals surface area contributed by atoms with Gasteiger partial charge in [0.15, 0.2) is 6.10 Å². The van der Waals surface area contributed by atoms with Crippen molar-refractivity contribution in [2.24, 2.45) is 0 Å². The van der Waals surface area contributed by atoms with Crippen molar-refractivity contribution < 1.29 is 14.1 Å². The van der Waals surface area contributed by atoms with Crippen molar-refractivity contribution >= 4 is 5.91 Å². The highest BCUT2D eigenvalue weighted by Crippen LogP contribution is 2.28. The van der Waals surface area contributed by atoms with Gasteiger partial charge in [-0.1, -0.05) is 53.7 Å². The van der Waals surface area contributed by atoms with Crippen LogP contribution in [-0.4, -0.2) is 40.1 Å². The summed E-state index contributed by atoms with van der Waals surface area (Å²) in [5.41, 5.74) is 0.916. The average molecular weight is 349 g/mol. The molecule has 4 rings (SSSR count). The van der Waals surface area contributed by atoms with Crippen LogP contribution in [0.25, 0.3) is 11.4 Å². The fraction of sp³-hybridized carbons (Fsp3) is 0.250. The molecular weight excluding hydrogens is 330 g/mol. The van der Waals surface area contributed by atoms with Gasteiger partial charge in [0.1, 0.15) is 5.75 Å². The second-order valence-corrected chi connectivity index (χ2v) is 6.34.